The molecule has 0 aromatic carbocycles. The van der Waals surface area contributed by atoms with Gasteiger partial charge in [-0.25, -0.2) is 4.79 Å². The van der Waals surface area contributed by atoms with E-state index in [1.54, 1.807) is 6.07 Å². The van der Waals surface area contributed by atoms with Gasteiger partial charge in [-0.2, -0.15) is 0 Å². The van der Waals surface area contributed by atoms with Crippen LogP contribution in [0.5, 0.6) is 0 Å². The topological polar surface area (TPSA) is 53.7 Å². The van der Waals surface area contributed by atoms with Crippen LogP contribution in [0.25, 0.3) is 0 Å². The highest BCUT2D eigenvalue weighted by molar-refractivity contribution is 5.87. The molecule has 106 valence electrons. The fourth-order valence-corrected chi connectivity index (χ4v) is 2.88. The molecule has 1 aliphatic heterocycles. The SMILES string of the molecule is CCCC1CCCN(Cc2cc(C(=O)O)co2)CC1. The van der Waals surface area contributed by atoms with Crippen molar-refractivity contribution in [2.75, 3.05) is 13.1 Å². The Kier molecular flexibility index (Phi) is 5.02. The lowest BCUT2D eigenvalue weighted by atomic mass is 9.96. The Hall–Kier alpha value is -1.29. The number of carboxylic acids is 1. The molecule has 1 aliphatic rings. The van der Waals surface area contributed by atoms with Crippen LogP contribution in [0.4, 0.5) is 0 Å². The Balaban J connectivity index is 1.86. The number of hydrogen-bond acceptors (Lipinski definition) is 3. The molecule has 2 heterocycles. The van der Waals surface area contributed by atoms with Crippen LogP contribution in [0.3, 0.4) is 0 Å². The number of likely N-dealkylation sites (tertiary alicyclic amines) is 1. The first-order chi connectivity index (χ1) is 9.19. The Morgan fingerprint density at radius 3 is 3.00 bits per heavy atom. The van der Waals surface area contributed by atoms with Crippen molar-refractivity contribution in [2.45, 2.75) is 45.6 Å². The summed E-state index contributed by atoms with van der Waals surface area (Å²) in [5, 5.41) is 8.87. The molecule has 0 spiro atoms. The van der Waals surface area contributed by atoms with Crippen LogP contribution >= 0.6 is 0 Å². The third-order valence-corrected chi connectivity index (χ3v) is 3.92. The van der Waals surface area contributed by atoms with Gasteiger partial charge in [-0.3, -0.25) is 4.90 Å². The Bertz CT molecular complexity index is 413. The van der Waals surface area contributed by atoms with Crippen LogP contribution in [-0.2, 0) is 6.54 Å². The lowest BCUT2D eigenvalue weighted by Crippen LogP contribution is -2.24. The van der Waals surface area contributed by atoms with E-state index in [0.717, 1.165) is 31.3 Å². The smallest absolute Gasteiger partial charge is 0.338 e. The first-order valence-electron chi connectivity index (χ1n) is 7.22. The second-order valence-corrected chi connectivity index (χ2v) is 5.47. The van der Waals surface area contributed by atoms with Crippen molar-refractivity contribution >= 4 is 5.97 Å². The Morgan fingerprint density at radius 1 is 1.47 bits per heavy atom. The molecule has 2 rings (SSSR count). The van der Waals surface area contributed by atoms with Gasteiger partial charge in [-0.05, 0) is 44.3 Å². The van der Waals surface area contributed by atoms with E-state index in [-0.39, 0.29) is 5.56 Å². The molecule has 0 aliphatic carbocycles. The van der Waals surface area contributed by atoms with Crippen molar-refractivity contribution in [1.29, 1.82) is 0 Å². The summed E-state index contributed by atoms with van der Waals surface area (Å²) >= 11 is 0. The van der Waals surface area contributed by atoms with E-state index in [1.807, 2.05) is 0 Å². The summed E-state index contributed by atoms with van der Waals surface area (Å²) < 4.78 is 5.32. The molecule has 1 fully saturated rings. The van der Waals surface area contributed by atoms with Crippen molar-refractivity contribution in [3.05, 3.63) is 23.7 Å². The number of nitrogens with zero attached hydrogens (tertiary/aromatic N) is 1. The first-order valence-corrected chi connectivity index (χ1v) is 7.22. The quantitative estimate of drug-likeness (QED) is 0.886. The largest absolute Gasteiger partial charge is 0.478 e. The van der Waals surface area contributed by atoms with Gasteiger partial charge in [0.2, 0.25) is 0 Å². The molecule has 19 heavy (non-hydrogen) atoms. The predicted octanol–water partition coefficient (Wildman–Crippen LogP) is 3.38. The Labute approximate surface area is 114 Å². The highest BCUT2D eigenvalue weighted by Gasteiger charge is 2.18. The van der Waals surface area contributed by atoms with E-state index in [1.165, 1.54) is 38.4 Å². The molecular formula is C15H23NO3. The number of carboxylic acid groups (broad SMARTS) is 1. The molecule has 0 bridgehead atoms. The zero-order valence-corrected chi connectivity index (χ0v) is 11.6. The molecule has 4 nitrogen and oxygen atoms in total. The summed E-state index contributed by atoms with van der Waals surface area (Å²) in [5.41, 5.74) is 0.244. The second-order valence-electron chi connectivity index (χ2n) is 5.47. The summed E-state index contributed by atoms with van der Waals surface area (Å²) in [7, 11) is 0. The third-order valence-electron chi connectivity index (χ3n) is 3.92. The molecule has 1 unspecified atom stereocenters. The minimum atomic E-state index is -0.922. The van der Waals surface area contributed by atoms with Crippen LogP contribution in [0.1, 0.15) is 55.1 Å². The van der Waals surface area contributed by atoms with Crippen LogP contribution in [0, 0.1) is 5.92 Å². The predicted molar refractivity (Wildman–Crippen MR) is 73.2 cm³/mol. The minimum absolute atomic E-state index is 0.244. The van der Waals surface area contributed by atoms with Gasteiger partial charge in [0.1, 0.15) is 12.0 Å². The summed E-state index contributed by atoms with van der Waals surface area (Å²) in [6.07, 6.45) is 7.73. The lowest BCUT2D eigenvalue weighted by molar-refractivity contribution is 0.0696. The average molecular weight is 265 g/mol. The third kappa shape index (κ3) is 4.10. The average Bonchev–Trinajstić information content (AvgIpc) is 2.73. The molecule has 1 aromatic rings. The van der Waals surface area contributed by atoms with Gasteiger partial charge in [0, 0.05) is 0 Å². The van der Waals surface area contributed by atoms with Gasteiger partial charge in [0.05, 0.1) is 12.1 Å². The number of rotatable bonds is 5. The highest BCUT2D eigenvalue weighted by atomic mass is 16.4. The van der Waals surface area contributed by atoms with E-state index >= 15 is 0 Å². The summed E-state index contributed by atoms with van der Waals surface area (Å²) in [5.74, 6) is 0.696. The molecule has 1 N–H and O–H groups in total. The molecule has 0 saturated carbocycles. The van der Waals surface area contributed by atoms with Crippen LogP contribution in [0.2, 0.25) is 0 Å². The van der Waals surface area contributed by atoms with E-state index in [9.17, 15) is 4.79 Å². The monoisotopic (exact) mass is 265 g/mol. The van der Waals surface area contributed by atoms with E-state index < -0.39 is 5.97 Å². The molecule has 0 radical (unpaired) electrons. The normalized spacial score (nSPS) is 21.2. The van der Waals surface area contributed by atoms with Gasteiger partial charge in [-0.1, -0.05) is 19.8 Å². The molecule has 1 aromatic heterocycles. The lowest BCUT2D eigenvalue weighted by Gasteiger charge is -2.18. The van der Waals surface area contributed by atoms with Gasteiger partial charge >= 0.3 is 5.97 Å². The van der Waals surface area contributed by atoms with E-state index in [2.05, 4.69) is 11.8 Å². The number of furan rings is 1. The number of hydrogen-bond donors (Lipinski definition) is 1. The van der Waals surface area contributed by atoms with Crippen LogP contribution in [-0.4, -0.2) is 29.1 Å². The van der Waals surface area contributed by atoms with E-state index in [4.69, 9.17) is 9.52 Å². The highest BCUT2D eigenvalue weighted by Crippen LogP contribution is 2.23. The van der Waals surface area contributed by atoms with Crippen molar-refractivity contribution < 1.29 is 14.3 Å². The fraction of sp³-hybridized carbons (Fsp3) is 0.667. The Morgan fingerprint density at radius 2 is 2.32 bits per heavy atom. The molecule has 1 atom stereocenters. The second kappa shape index (κ2) is 6.75. The summed E-state index contributed by atoms with van der Waals surface area (Å²) in [6, 6.07) is 1.64. The maximum Gasteiger partial charge on any atom is 0.338 e. The maximum atomic E-state index is 10.8. The zero-order chi connectivity index (χ0) is 13.7. The summed E-state index contributed by atoms with van der Waals surface area (Å²) in [6.45, 7) is 5.15. The van der Waals surface area contributed by atoms with Crippen molar-refractivity contribution in [2.24, 2.45) is 5.92 Å². The maximum absolute atomic E-state index is 10.8. The van der Waals surface area contributed by atoms with Gasteiger partial charge in [-0.15, -0.1) is 0 Å². The van der Waals surface area contributed by atoms with Gasteiger partial charge < -0.3 is 9.52 Å². The van der Waals surface area contributed by atoms with Crippen molar-refractivity contribution in [3.63, 3.8) is 0 Å². The molecule has 1 saturated heterocycles. The van der Waals surface area contributed by atoms with E-state index in [0.29, 0.717) is 0 Å². The van der Waals surface area contributed by atoms with Gasteiger partial charge in [0.25, 0.3) is 0 Å². The minimum Gasteiger partial charge on any atom is -0.478 e. The van der Waals surface area contributed by atoms with Crippen LogP contribution in [0.15, 0.2) is 16.7 Å². The van der Waals surface area contributed by atoms with Crippen molar-refractivity contribution in [3.8, 4) is 0 Å². The van der Waals surface area contributed by atoms with Crippen molar-refractivity contribution in [1.82, 2.24) is 4.90 Å². The summed E-state index contributed by atoms with van der Waals surface area (Å²) in [4.78, 5) is 13.2. The first kappa shape index (κ1) is 14.1. The molecule has 0 amide bonds. The molecular weight excluding hydrogens is 242 g/mol. The number of aromatic carboxylic acids is 1. The standard InChI is InChI=1S/C15H23NO3/c1-2-4-12-5-3-7-16(8-6-12)10-14-9-13(11-19-14)15(17)18/h9,11-12H,2-8,10H2,1H3,(H,17,18). The fourth-order valence-electron chi connectivity index (χ4n) is 2.88. The van der Waals surface area contributed by atoms with Crippen LogP contribution < -0.4 is 0 Å². The zero-order valence-electron chi connectivity index (χ0n) is 11.6. The number of carbonyl (C=O) groups is 1. The van der Waals surface area contributed by atoms with Gasteiger partial charge in [0.15, 0.2) is 0 Å². The molecule has 4 heteroatoms.